The number of hydrogen-bond acceptors (Lipinski definition) is 2. The van der Waals surface area contributed by atoms with Gasteiger partial charge in [0.15, 0.2) is 0 Å². The maximum atomic E-state index is 4.45. The Kier molecular flexibility index (Phi) is 5.08. The quantitative estimate of drug-likeness (QED) is 0.679. The van der Waals surface area contributed by atoms with Gasteiger partial charge in [-0.1, -0.05) is 37.0 Å². The average Bonchev–Trinajstić information content (AvgIpc) is 2.37. The minimum atomic E-state index is 0.871. The van der Waals surface area contributed by atoms with E-state index < -0.39 is 0 Å². The van der Waals surface area contributed by atoms with E-state index in [0.717, 1.165) is 22.6 Å². The fourth-order valence-electron chi connectivity index (χ4n) is 1.59. The largest absolute Gasteiger partial charge is 0.255 e. The van der Waals surface area contributed by atoms with Gasteiger partial charge in [-0.05, 0) is 31.9 Å². The molecule has 1 aliphatic rings. The molecule has 0 radical (unpaired) electrons. The third-order valence-corrected chi connectivity index (χ3v) is 2.41. The predicted octanol–water partition coefficient (Wildman–Crippen LogP) is 4.01. The first-order chi connectivity index (χ1) is 8.28. The summed E-state index contributed by atoms with van der Waals surface area (Å²) in [6, 6.07) is 0. The highest BCUT2D eigenvalue weighted by atomic mass is 14.8. The minimum Gasteiger partial charge on any atom is -0.255 e. The Labute approximate surface area is 103 Å². The molecule has 88 valence electrons. The lowest BCUT2D eigenvalue weighted by molar-refractivity contribution is 1.46. The summed E-state index contributed by atoms with van der Waals surface area (Å²) >= 11 is 0. The van der Waals surface area contributed by atoms with Gasteiger partial charge in [-0.3, -0.25) is 9.98 Å². The summed E-state index contributed by atoms with van der Waals surface area (Å²) < 4.78 is 0. The fourth-order valence-corrected chi connectivity index (χ4v) is 1.59. The van der Waals surface area contributed by atoms with Crippen molar-refractivity contribution in [3.05, 3.63) is 60.5 Å². The summed E-state index contributed by atoms with van der Waals surface area (Å²) in [7, 11) is 0. The Morgan fingerprint density at radius 2 is 1.47 bits per heavy atom. The SMILES string of the molecule is C=CN=C1/C(=C\C)C=CC(=C/C)/C1=N\C=C/C. The van der Waals surface area contributed by atoms with Crippen LogP contribution >= 0.6 is 0 Å². The fraction of sp³-hybridized carbons (Fsp3) is 0.200. The molecule has 17 heavy (non-hydrogen) atoms. The van der Waals surface area contributed by atoms with E-state index in [1.54, 1.807) is 12.4 Å². The maximum absolute atomic E-state index is 4.45. The van der Waals surface area contributed by atoms with Gasteiger partial charge in [-0.2, -0.15) is 0 Å². The van der Waals surface area contributed by atoms with Crippen LogP contribution in [0.15, 0.2) is 70.5 Å². The van der Waals surface area contributed by atoms with Gasteiger partial charge in [-0.15, -0.1) is 0 Å². The predicted molar refractivity (Wildman–Crippen MR) is 76.5 cm³/mol. The Morgan fingerprint density at radius 1 is 0.941 bits per heavy atom. The lowest BCUT2D eigenvalue weighted by Crippen LogP contribution is -2.20. The Bertz CT molecular complexity index is 469. The van der Waals surface area contributed by atoms with Crippen molar-refractivity contribution in [2.45, 2.75) is 20.8 Å². The van der Waals surface area contributed by atoms with Crippen LogP contribution in [-0.4, -0.2) is 11.4 Å². The molecule has 0 saturated heterocycles. The molecule has 2 heteroatoms. The number of aliphatic imine (C=N–C) groups is 2. The number of allylic oxidation sites excluding steroid dienone is 7. The van der Waals surface area contributed by atoms with Gasteiger partial charge in [0.1, 0.15) is 0 Å². The maximum Gasteiger partial charge on any atom is 0.0960 e. The van der Waals surface area contributed by atoms with E-state index in [1.165, 1.54) is 0 Å². The molecule has 0 saturated carbocycles. The second kappa shape index (κ2) is 6.59. The Morgan fingerprint density at radius 3 is 1.88 bits per heavy atom. The number of nitrogens with zero attached hydrogens (tertiary/aromatic N) is 2. The van der Waals surface area contributed by atoms with Crippen molar-refractivity contribution < 1.29 is 0 Å². The zero-order valence-corrected chi connectivity index (χ0v) is 10.6. The molecule has 0 amide bonds. The van der Waals surface area contributed by atoms with Crippen LogP contribution < -0.4 is 0 Å². The Balaban J connectivity index is 3.41. The molecule has 1 aliphatic carbocycles. The van der Waals surface area contributed by atoms with Crippen molar-refractivity contribution in [2.24, 2.45) is 9.98 Å². The van der Waals surface area contributed by atoms with Crippen LogP contribution in [0.1, 0.15) is 20.8 Å². The topological polar surface area (TPSA) is 24.7 Å². The van der Waals surface area contributed by atoms with Crippen molar-refractivity contribution in [3.8, 4) is 0 Å². The average molecular weight is 226 g/mol. The molecule has 0 aromatic rings. The van der Waals surface area contributed by atoms with E-state index in [1.807, 2.05) is 45.1 Å². The van der Waals surface area contributed by atoms with Crippen LogP contribution in [0, 0.1) is 0 Å². The monoisotopic (exact) mass is 226 g/mol. The lowest BCUT2D eigenvalue weighted by atomic mass is 9.92. The molecule has 0 spiro atoms. The summed E-state index contributed by atoms with van der Waals surface area (Å²) in [5.41, 5.74) is 3.91. The van der Waals surface area contributed by atoms with Gasteiger partial charge in [0.25, 0.3) is 0 Å². The van der Waals surface area contributed by atoms with E-state index in [-0.39, 0.29) is 0 Å². The molecule has 1 rings (SSSR count). The first kappa shape index (κ1) is 13.1. The molecule has 0 bridgehead atoms. The van der Waals surface area contributed by atoms with E-state index in [2.05, 4.69) is 22.6 Å². The molecule has 0 aliphatic heterocycles. The van der Waals surface area contributed by atoms with Crippen molar-refractivity contribution in [1.82, 2.24) is 0 Å². The Hall–Kier alpha value is -1.96. The van der Waals surface area contributed by atoms with Gasteiger partial charge in [0, 0.05) is 12.4 Å². The van der Waals surface area contributed by atoms with Crippen LogP contribution in [0.25, 0.3) is 0 Å². The van der Waals surface area contributed by atoms with Gasteiger partial charge < -0.3 is 0 Å². The molecular weight excluding hydrogens is 208 g/mol. The van der Waals surface area contributed by atoms with Gasteiger partial charge in [0.2, 0.25) is 0 Å². The summed E-state index contributed by atoms with van der Waals surface area (Å²) in [6.45, 7) is 9.59. The molecule has 0 unspecified atom stereocenters. The standard InChI is InChI=1S/C15H18N2/c1-5-11-17-15-13(7-3)10-9-12(6-2)14(15)16-8-4/h5-11H,4H2,1-3H3/b11-5-,12-6-,13-7-,16-14?,17-15+. The molecular formula is C15H18N2. The molecule has 0 aromatic heterocycles. The summed E-state index contributed by atoms with van der Waals surface area (Å²) in [5, 5.41) is 0. The van der Waals surface area contributed by atoms with Crippen LogP contribution in [-0.2, 0) is 0 Å². The molecule has 0 aromatic carbocycles. The third kappa shape index (κ3) is 3.00. The highest BCUT2D eigenvalue weighted by Crippen LogP contribution is 2.18. The smallest absolute Gasteiger partial charge is 0.0960 e. The molecule has 0 heterocycles. The van der Waals surface area contributed by atoms with Crippen LogP contribution in [0.4, 0.5) is 0 Å². The van der Waals surface area contributed by atoms with Crippen LogP contribution in [0.3, 0.4) is 0 Å². The minimum absolute atomic E-state index is 0.871. The highest BCUT2D eigenvalue weighted by molar-refractivity contribution is 6.55. The second-order valence-electron chi connectivity index (χ2n) is 3.44. The summed E-state index contributed by atoms with van der Waals surface area (Å²) in [6.07, 6.45) is 13.4. The van der Waals surface area contributed by atoms with Crippen molar-refractivity contribution in [3.63, 3.8) is 0 Å². The molecule has 0 fully saturated rings. The van der Waals surface area contributed by atoms with E-state index in [9.17, 15) is 0 Å². The summed E-state index contributed by atoms with van der Waals surface area (Å²) in [5.74, 6) is 0. The van der Waals surface area contributed by atoms with Crippen molar-refractivity contribution in [2.75, 3.05) is 0 Å². The lowest BCUT2D eigenvalue weighted by Gasteiger charge is -2.15. The molecule has 2 nitrogen and oxygen atoms in total. The summed E-state index contributed by atoms with van der Waals surface area (Å²) in [4.78, 5) is 8.77. The van der Waals surface area contributed by atoms with Crippen LogP contribution in [0.5, 0.6) is 0 Å². The second-order valence-corrected chi connectivity index (χ2v) is 3.44. The first-order valence-electron chi connectivity index (χ1n) is 5.68. The highest BCUT2D eigenvalue weighted by Gasteiger charge is 2.18. The third-order valence-electron chi connectivity index (χ3n) is 2.41. The van der Waals surface area contributed by atoms with E-state index >= 15 is 0 Å². The van der Waals surface area contributed by atoms with E-state index in [0.29, 0.717) is 0 Å². The van der Waals surface area contributed by atoms with Crippen molar-refractivity contribution >= 4 is 11.4 Å². The zero-order chi connectivity index (χ0) is 12.7. The van der Waals surface area contributed by atoms with Crippen molar-refractivity contribution in [1.29, 1.82) is 0 Å². The van der Waals surface area contributed by atoms with Gasteiger partial charge in [-0.25, -0.2) is 0 Å². The van der Waals surface area contributed by atoms with Gasteiger partial charge >= 0.3 is 0 Å². The molecule has 0 N–H and O–H groups in total. The van der Waals surface area contributed by atoms with Gasteiger partial charge in [0.05, 0.1) is 11.4 Å². The molecule has 0 atom stereocenters. The zero-order valence-electron chi connectivity index (χ0n) is 10.6. The first-order valence-corrected chi connectivity index (χ1v) is 5.68. The van der Waals surface area contributed by atoms with Crippen LogP contribution in [0.2, 0.25) is 0 Å². The van der Waals surface area contributed by atoms with E-state index in [4.69, 9.17) is 0 Å². The number of hydrogen-bond donors (Lipinski definition) is 0. The number of rotatable bonds is 2. The normalized spacial score (nSPS) is 25.6.